The van der Waals surface area contributed by atoms with Gasteiger partial charge in [0.15, 0.2) is 5.82 Å². The average molecular weight is 330 g/mol. The molecule has 0 aromatic carbocycles. The summed E-state index contributed by atoms with van der Waals surface area (Å²) >= 11 is 0. The fourth-order valence-corrected chi connectivity index (χ4v) is 5.11. The van der Waals surface area contributed by atoms with Crippen LogP contribution in [0.5, 0.6) is 0 Å². The molecule has 24 heavy (non-hydrogen) atoms. The number of hydrogen-bond donors (Lipinski definition) is 1. The quantitative estimate of drug-likeness (QED) is 0.921. The second kappa shape index (κ2) is 6.85. The number of aromatic nitrogens is 3. The highest BCUT2D eigenvalue weighted by molar-refractivity contribution is 5.79. The Balaban J connectivity index is 1.37. The summed E-state index contributed by atoms with van der Waals surface area (Å²) in [7, 11) is 2.03. The summed E-state index contributed by atoms with van der Waals surface area (Å²) in [5.41, 5.74) is 0. The van der Waals surface area contributed by atoms with E-state index < -0.39 is 0 Å². The third-order valence-electron chi connectivity index (χ3n) is 6.80. The molecular formula is C19H30N4O. The van der Waals surface area contributed by atoms with Crippen LogP contribution in [0.2, 0.25) is 0 Å². The number of nitrogens with one attached hydrogen (secondary N) is 1. The van der Waals surface area contributed by atoms with Gasteiger partial charge in [0.1, 0.15) is 5.82 Å². The monoisotopic (exact) mass is 330 g/mol. The van der Waals surface area contributed by atoms with Gasteiger partial charge in [-0.2, -0.15) is 0 Å². The first-order valence-electron chi connectivity index (χ1n) is 9.90. The van der Waals surface area contributed by atoms with Crippen molar-refractivity contribution in [1.82, 2.24) is 20.1 Å². The van der Waals surface area contributed by atoms with Crippen LogP contribution >= 0.6 is 0 Å². The molecule has 1 aromatic heterocycles. The highest BCUT2D eigenvalue weighted by Gasteiger charge is 2.38. The van der Waals surface area contributed by atoms with Crippen LogP contribution in [0.15, 0.2) is 0 Å². The summed E-state index contributed by atoms with van der Waals surface area (Å²) in [4.78, 5) is 12.8. The minimum Gasteiger partial charge on any atom is -0.349 e. The lowest BCUT2D eigenvalue weighted by Gasteiger charge is -2.40. The number of carbonyl (C=O) groups excluding carboxylic acids is 1. The van der Waals surface area contributed by atoms with Crippen molar-refractivity contribution in [3.63, 3.8) is 0 Å². The van der Waals surface area contributed by atoms with Gasteiger partial charge in [-0.3, -0.25) is 4.79 Å². The maximum absolute atomic E-state index is 12.8. The Labute approximate surface area is 144 Å². The van der Waals surface area contributed by atoms with Crippen molar-refractivity contribution in [3.05, 3.63) is 11.6 Å². The van der Waals surface area contributed by atoms with Crippen LogP contribution in [0.3, 0.4) is 0 Å². The fraction of sp³-hybridized carbons (Fsp3) is 0.842. The van der Waals surface area contributed by atoms with Crippen molar-refractivity contribution in [3.8, 4) is 0 Å². The highest BCUT2D eigenvalue weighted by Crippen LogP contribution is 2.43. The van der Waals surface area contributed by atoms with Gasteiger partial charge >= 0.3 is 0 Å². The predicted molar refractivity (Wildman–Crippen MR) is 92.2 cm³/mol. The summed E-state index contributed by atoms with van der Waals surface area (Å²) < 4.78 is 2.09. The van der Waals surface area contributed by atoms with E-state index in [-0.39, 0.29) is 11.8 Å². The first kappa shape index (κ1) is 16.1. The van der Waals surface area contributed by atoms with Crippen molar-refractivity contribution in [2.45, 2.75) is 76.7 Å². The number of amides is 1. The minimum atomic E-state index is 0.225. The molecule has 132 valence electrons. The van der Waals surface area contributed by atoms with Gasteiger partial charge in [0, 0.05) is 18.9 Å². The molecular weight excluding hydrogens is 300 g/mol. The molecule has 4 rings (SSSR count). The summed E-state index contributed by atoms with van der Waals surface area (Å²) in [5.74, 6) is 4.45. The summed E-state index contributed by atoms with van der Waals surface area (Å²) in [6.45, 7) is 0.517. The second-order valence-electron chi connectivity index (χ2n) is 8.12. The topological polar surface area (TPSA) is 59.8 Å². The van der Waals surface area contributed by atoms with E-state index in [1.165, 1.54) is 57.8 Å². The van der Waals surface area contributed by atoms with E-state index in [1.54, 1.807) is 0 Å². The number of carbonyl (C=O) groups is 1. The van der Waals surface area contributed by atoms with Crippen LogP contribution < -0.4 is 5.32 Å². The largest absolute Gasteiger partial charge is 0.349 e. The van der Waals surface area contributed by atoms with E-state index in [1.807, 2.05) is 7.05 Å². The zero-order chi connectivity index (χ0) is 16.5. The third-order valence-corrected chi connectivity index (χ3v) is 6.80. The summed E-state index contributed by atoms with van der Waals surface area (Å²) in [6.07, 6.45) is 12.6. The molecule has 0 radical (unpaired) electrons. The molecule has 1 aromatic rings. The zero-order valence-electron chi connectivity index (χ0n) is 14.8. The number of nitrogens with zero attached hydrogens (tertiary/aromatic N) is 3. The third kappa shape index (κ3) is 2.98. The first-order chi connectivity index (χ1) is 11.7. The molecule has 0 spiro atoms. The van der Waals surface area contributed by atoms with Crippen molar-refractivity contribution >= 4 is 5.91 Å². The van der Waals surface area contributed by atoms with Crippen LogP contribution in [0, 0.1) is 17.8 Å². The van der Waals surface area contributed by atoms with E-state index in [9.17, 15) is 4.79 Å². The maximum Gasteiger partial charge on any atom is 0.223 e. The molecule has 3 atom stereocenters. The molecule has 0 saturated heterocycles. The zero-order valence-corrected chi connectivity index (χ0v) is 14.8. The van der Waals surface area contributed by atoms with Gasteiger partial charge in [-0.15, -0.1) is 10.2 Å². The average Bonchev–Trinajstić information content (AvgIpc) is 2.91. The van der Waals surface area contributed by atoms with Crippen LogP contribution in [0.1, 0.15) is 81.8 Å². The Morgan fingerprint density at radius 2 is 1.79 bits per heavy atom. The molecule has 1 amide bonds. The van der Waals surface area contributed by atoms with Crippen LogP contribution in [-0.4, -0.2) is 20.7 Å². The van der Waals surface area contributed by atoms with Gasteiger partial charge in [-0.05, 0) is 37.5 Å². The van der Waals surface area contributed by atoms with Crippen LogP contribution in [0.4, 0.5) is 0 Å². The van der Waals surface area contributed by atoms with Gasteiger partial charge in [0.25, 0.3) is 0 Å². The smallest absolute Gasteiger partial charge is 0.223 e. The summed E-state index contributed by atoms with van der Waals surface area (Å²) in [5, 5.41) is 11.8. The Morgan fingerprint density at radius 3 is 2.58 bits per heavy atom. The van der Waals surface area contributed by atoms with E-state index in [0.717, 1.165) is 24.0 Å². The molecule has 3 unspecified atom stereocenters. The molecule has 5 nitrogen and oxygen atoms in total. The van der Waals surface area contributed by atoms with Crippen molar-refractivity contribution < 1.29 is 4.79 Å². The van der Waals surface area contributed by atoms with Gasteiger partial charge < -0.3 is 9.88 Å². The van der Waals surface area contributed by atoms with E-state index >= 15 is 0 Å². The van der Waals surface area contributed by atoms with Gasteiger partial charge in [-0.25, -0.2) is 0 Å². The molecule has 3 aliphatic carbocycles. The Kier molecular flexibility index (Phi) is 4.59. The van der Waals surface area contributed by atoms with E-state index in [0.29, 0.717) is 18.4 Å². The van der Waals surface area contributed by atoms with Crippen molar-refractivity contribution in [1.29, 1.82) is 0 Å². The maximum atomic E-state index is 12.8. The van der Waals surface area contributed by atoms with Crippen molar-refractivity contribution in [2.75, 3.05) is 0 Å². The van der Waals surface area contributed by atoms with Gasteiger partial charge in [-0.1, -0.05) is 38.5 Å². The Morgan fingerprint density at radius 1 is 1.04 bits per heavy atom. The lowest BCUT2D eigenvalue weighted by molar-refractivity contribution is -0.129. The lowest BCUT2D eigenvalue weighted by atomic mass is 9.65. The van der Waals surface area contributed by atoms with E-state index in [4.69, 9.17) is 0 Å². The SMILES string of the molecule is Cn1c(CNC(=O)C2CCCC3CCCCC32)nnc1C1CCC1. The lowest BCUT2D eigenvalue weighted by Crippen LogP contribution is -2.41. The molecule has 3 aliphatic rings. The molecule has 3 fully saturated rings. The van der Waals surface area contributed by atoms with Gasteiger partial charge in [0.05, 0.1) is 6.54 Å². The molecule has 3 saturated carbocycles. The Bertz CT molecular complexity index is 590. The normalized spacial score (nSPS) is 30.5. The molecule has 1 heterocycles. The molecule has 5 heteroatoms. The predicted octanol–water partition coefficient (Wildman–Crippen LogP) is 3.31. The first-order valence-corrected chi connectivity index (χ1v) is 9.90. The molecule has 1 N–H and O–H groups in total. The number of fused-ring (bicyclic) bond motifs is 1. The second-order valence-corrected chi connectivity index (χ2v) is 8.12. The number of rotatable bonds is 4. The Hall–Kier alpha value is -1.39. The van der Waals surface area contributed by atoms with Crippen LogP contribution in [0.25, 0.3) is 0 Å². The van der Waals surface area contributed by atoms with Crippen molar-refractivity contribution in [2.24, 2.45) is 24.8 Å². The van der Waals surface area contributed by atoms with E-state index in [2.05, 4.69) is 20.1 Å². The minimum absolute atomic E-state index is 0.225. The standard InChI is InChI=1S/C19H30N4O/c1-23-17(21-22-18(23)14-8-4-9-14)12-20-19(24)16-11-5-7-13-6-2-3-10-15(13)16/h13-16H,2-12H2,1H3,(H,20,24). The highest BCUT2D eigenvalue weighted by atomic mass is 16.1. The van der Waals surface area contributed by atoms with Gasteiger partial charge in [0.2, 0.25) is 5.91 Å². The molecule has 0 bridgehead atoms. The summed E-state index contributed by atoms with van der Waals surface area (Å²) in [6, 6.07) is 0. The fourth-order valence-electron chi connectivity index (χ4n) is 5.11. The number of hydrogen-bond acceptors (Lipinski definition) is 3. The van der Waals surface area contributed by atoms with Crippen LogP contribution in [-0.2, 0) is 18.4 Å². The molecule has 0 aliphatic heterocycles.